The van der Waals surface area contributed by atoms with Crippen LogP contribution in [-0.4, -0.2) is 23.9 Å². The van der Waals surface area contributed by atoms with Crippen molar-refractivity contribution in [1.82, 2.24) is 9.97 Å². The van der Waals surface area contributed by atoms with Crippen LogP contribution in [0.25, 0.3) is 10.6 Å². The van der Waals surface area contributed by atoms with Gasteiger partial charge in [0.2, 0.25) is 0 Å². The van der Waals surface area contributed by atoms with Crippen molar-refractivity contribution >= 4 is 32.9 Å². The molecule has 3 rings (SSSR count). The highest BCUT2D eigenvalue weighted by atomic mass is 32.2. The average Bonchev–Trinajstić information content (AvgIpc) is 3.09. The molecule has 0 unspecified atom stereocenters. The van der Waals surface area contributed by atoms with E-state index in [-0.39, 0.29) is 0 Å². The lowest BCUT2D eigenvalue weighted by atomic mass is 10.3. The molecule has 0 aliphatic carbocycles. The fraction of sp³-hybridized carbons (Fsp3) is 0.0667. The summed E-state index contributed by atoms with van der Waals surface area (Å²) in [6.07, 6.45) is 1.40. The van der Waals surface area contributed by atoms with Crippen molar-refractivity contribution < 1.29 is 21.6 Å². The Bertz CT molecular complexity index is 970. The molecule has 0 atom stereocenters. The van der Waals surface area contributed by atoms with Gasteiger partial charge in [-0.15, -0.1) is 11.3 Å². The standard InChI is InChI=1S/C15H9F3N2O2S3/c16-15(17,18)25(21,22)11-5-3-10(4-6-11)24-14-8-12(19-9-20-14)13-2-1-7-23-13/h1-9H. The Balaban J connectivity index is 1.82. The van der Waals surface area contributed by atoms with Gasteiger partial charge in [0.1, 0.15) is 11.4 Å². The van der Waals surface area contributed by atoms with Crippen LogP contribution in [0.15, 0.2) is 69.0 Å². The van der Waals surface area contributed by atoms with E-state index in [1.165, 1.54) is 41.6 Å². The quantitative estimate of drug-likeness (QED) is 0.595. The summed E-state index contributed by atoms with van der Waals surface area (Å²) in [4.78, 5) is 9.04. The molecule has 0 saturated heterocycles. The first-order valence-corrected chi connectivity index (χ1v) is 9.90. The van der Waals surface area contributed by atoms with Crippen molar-refractivity contribution in [2.75, 3.05) is 0 Å². The summed E-state index contributed by atoms with van der Waals surface area (Å²) >= 11 is 2.73. The number of nitrogens with zero attached hydrogens (tertiary/aromatic N) is 2. The molecule has 0 saturated carbocycles. The van der Waals surface area contributed by atoms with Crippen molar-refractivity contribution in [2.24, 2.45) is 0 Å². The Morgan fingerprint density at radius 3 is 2.36 bits per heavy atom. The number of rotatable bonds is 4. The minimum atomic E-state index is -5.34. The molecule has 4 nitrogen and oxygen atoms in total. The number of thiophene rings is 1. The molecule has 0 spiro atoms. The van der Waals surface area contributed by atoms with E-state index in [0.29, 0.717) is 9.92 Å². The number of hydrogen-bond donors (Lipinski definition) is 0. The first-order chi connectivity index (χ1) is 11.8. The zero-order valence-electron chi connectivity index (χ0n) is 12.3. The average molecular weight is 402 g/mol. The Morgan fingerprint density at radius 2 is 1.76 bits per heavy atom. The van der Waals surface area contributed by atoms with E-state index in [9.17, 15) is 21.6 Å². The molecule has 25 heavy (non-hydrogen) atoms. The maximum Gasteiger partial charge on any atom is 0.501 e. The Labute approximate surface area is 149 Å². The Kier molecular flexibility index (Phi) is 4.85. The molecule has 2 aromatic heterocycles. The number of hydrogen-bond acceptors (Lipinski definition) is 6. The van der Waals surface area contributed by atoms with E-state index in [4.69, 9.17) is 0 Å². The van der Waals surface area contributed by atoms with Crippen LogP contribution in [0.5, 0.6) is 0 Å². The fourth-order valence-electron chi connectivity index (χ4n) is 1.90. The number of sulfone groups is 1. The predicted octanol–water partition coefficient (Wildman–Crippen LogP) is 4.65. The minimum absolute atomic E-state index is 0.567. The molecule has 0 N–H and O–H groups in total. The van der Waals surface area contributed by atoms with Crippen LogP contribution in [-0.2, 0) is 9.84 Å². The lowest BCUT2D eigenvalue weighted by Gasteiger charge is -2.08. The smallest absolute Gasteiger partial charge is 0.235 e. The predicted molar refractivity (Wildman–Crippen MR) is 89.2 cm³/mol. The molecule has 2 heterocycles. The van der Waals surface area contributed by atoms with Crippen molar-refractivity contribution in [1.29, 1.82) is 0 Å². The molecule has 3 aromatic rings. The van der Waals surface area contributed by atoms with Gasteiger partial charge in [-0.05, 0) is 41.8 Å². The van der Waals surface area contributed by atoms with E-state index in [0.717, 1.165) is 22.7 Å². The van der Waals surface area contributed by atoms with Gasteiger partial charge < -0.3 is 0 Å². The van der Waals surface area contributed by atoms with E-state index >= 15 is 0 Å². The molecular formula is C15H9F3N2O2S3. The van der Waals surface area contributed by atoms with Gasteiger partial charge in [-0.25, -0.2) is 18.4 Å². The molecule has 0 bridgehead atoms. The van der Waals surface area contributed by atoms with E-state index in [2.05, 4.69) is 9.97 Å². The van der Waals surface area contributed by atoms with Gasteiger partial charge in [0.25, 0.3) is 9.84 Å². The number of halogens is 3. The maximum absolute atomic E-state index is 12.5. The largest absolute Gasteiger partial charge is 0.501 e. The number of benzene rings is 1. The molecule has 130 valence electrons. The number of alkyl halides is 3. The highest BCUT2D eigenvalue weighted by molar-refractivity contribution is 7.99. The summed E-state index contributed by atoms with van der Waals surface area (Å²) in [6, 6.07) is 10.1. The lowest BCUT2D eigenvalue weighted by Crippen LogP contribution is -2.23. The van der Waals surface area contributed by atoms with Crippen LogP contribution in [0.4, 0.5) is 13.2 Å². The first-order valence-electron chi connectivity index (χ1n) is 6.72. The molecule has 10 heteroatoms. The summed E-state index contributed by atoms with van der Waals surface area (Å²) < 4.78 is 60.3. The van der Waals surface area contributed by atoms with Gasteiger partial charge in [0.05, 0.1) is 15.5 Å². The maximum atomic E-state index is 12.5. The van der Waals surface area contributed by atoms with Gasteiger partial charge in [-0.3, -0.25) is 0 Å². The summed E-state index contributed by atoms with van der Waals surface area (Å²) in [5, 5.41) is 2.52. The summed E-state index contributed by atoms with van der Waals surface area (Å²) in [7, 11) is -5.34. The third-order valence-electron chi connectivity index (χ3n) is 3.08. The van der Waals surface area contributed by atoms with E-state index in [1.54, 1.807) is 6.07 Å². The summed E-state index contributed by atoms with van der Waals surface area (Å²) in [6.45, 7) is 0. The Hall–Kier alpha value is -1.91. The van der Waals surface area contributed by atoms with Gasteiger partial charge >= 0.3 is 5.51 Å². The molecule has 0 radical (unpaired) electrons. The van der Waals surface area contributed by atoms with Crippen LogP contribution >= 0.6 is 23.1 Å². The SMILES string of the molecule is O=S(=O)(c1ccc(Sc2cc(-c3cccs3)ncn2)cc1)C(F)(F)F. The highest BCUT2D eigenvalue weighted by Crippen LogP contribution is 2.33. The van der Waals surface area contributed by atoms with Crippen LogP contribution in [0.2, 0.25) is 0 Å². The topological polar surface area (TPSA) is 59.9 Å². The first kappa shape index (κ1) is 17.9. The summed E-state index contributed by atoms with van der Waals surface area (Å²) in [5.41, 5.74) is -4.58. The zero-order valence-corrected chi connectivity index (χ0v) is 14.7. The molecule has 0 aliphatic rings. The monoisotopic (exact) mass is 402 g/mol. The van der Waals surface area contributed by atoms with Gasteiger partial charge in [0.15, 0.2) is 0 Å². The summed E-state index contributed by atoms with van der Waals surface area (Å²) in [5.74, 6) is 0. The van der Waals surface area contributed by atoms with Crippen molar-refractivity contribution in [2.45, 2.75) is 20.3 Å². The third kappa shape index (κ3) is 3.86. The van der Waals surface area contributed by atoms with Crippen LogP contribution in [0.1, 0.15) is 0 Å². The number of aromatic nitrogens is 2. The molecule has 1 aromatic carbocycles. The van der Waals surface area contributed by atoms with Gasteiger partial charge in [-0.2, -0.15) is 13.2 Å². The minimum Gasteiger partial charge on any atom is -0.235 e. The molecule has 0 amide bonds. The van der Waals surface area contributed by atoms with Gasteiger partial charge in [0, 0.05) is 4.90 Å². The van der Waals surface area contributed by atoms with Crippen LogP contribution < -0.4 is 0 Å². The van der Waals surface area contributed by atoms with Crippen LogP contribution in [0.3, 0.4) is 0 Å². The van der Waals surface area contributed by atoms with Crippen molar-refractivity contribution in [3.05, 3.63) is 54.2 Å². The second-order valence-electron chi connectivity index (χ2n) is 4.74. The van der Waals surface area contributed by atoms with E-state index < -0.39 is 20.2 Å². The van der Waals surface area contributed by atoms with Crippen molar-refractivity contribution in [3.8, 4) is 10.6 Å². The zero-order chi connectivity index (χ0) is 18.1. The van der Waals surface area contributed by atoms with Gasteiger partial charge in [-0.1, -0.05) is 17.8 Å². The van der Waals surface area contributed by atoms with Crippen molar-refractivity contribution in [3.63, 3.8) is 0 Å². The second kappa shape index (κ2) is 6.77. The lowest BCUT2D eigenvalue weighted by molar-refractivity contribution is -0.0436. The van der Waals surface area contributed by atoms with E-state index in [1.807, 2.05) is 17.5 Å². The normalized spacial score (nSPS) is 12.3. The van der Waals surface area contributed by atoms with Crippen LogP contribution in [0, 0.1) is 0 Å². The second-order valence-corrected chi connectivity index (χ2v) is 8.72. The third-order valence-corrected chi connectivity index (χ3v) is 6.41. The molecular weight excluding hydrogens is 393 g/mol. The molecule has 0 fully saturated rings. The molecule has 0 aliphatic heterocycles. The fourth-order valence-corrected chi connectivity index (χ4v) is 4.13. The Morgan fingerprint density at radius 1 is 1.04 bits per heavy atom. The highest BCUT2D eigenvalue weighted by Gasteiger charge is 2.46.